The first-order valence-electron chi connectivity index (χ1n) is 4.89. The summed E-state index contributed by atoms with van der Waals surface area (Å²) in [4.78, 5) is 2.63. The van der Waals surface area contributed by atoms with Crippen LogP contribution in [0.3, 0.4) is 0 Å². The molecule has 0 aliphatic rings. The van der Waals surface area contributed by atoms with Crippen molar-refractivity contribution in [2.45, 2.75) is 0 Å². The van der Waals surface area contributed by atoms with Crippen molar-refractivity contribution in [3.8, 4) is 5.75 Å². The smallest absolute Gasteiger partial charge is 0.130 e. The summed E-state index contributed by atoms with van der Waals surface area (Å²) in [6.07, 6.45) is 0. The number of benzene rings is 1. The van der Waals surface area contributed by atoms with E-state index in [0.717, 1.165) is 0 Å². The average molecular weight is 229 g/mol. The molecule has 6 heteroatoms. The number of nitrogens with two attached hydrogens (primary N) is 1. The van der Waals surface area contributed by atoms with Crippen LogP contribution in [0.2, 0.25) is 0 Å². The molecule has 0 spiro atoms. The van der Waals surface area contributed by atoms with E-state index in [2.05, 4.69) is 15.2 Å². The number of pyridine rings is 1. The van der Waals surface area contributed by atoms with Crippen LogP contribution in [0, 0.1) is 5.41 Å². The molecular formula is C11H11N5O. The van der Waals surface area contributed by atoms with E-state index < -0.39 is 0 Å². The number of rotatable bonds is 2. The van der Waals surface area contributed by atoms with E-state index in [0.29, 0.717) is 17.2 Å². The molecule has 1 aromatic heterocycles. The number of aromatic nitrogens is 1. The predicted octanol–water partition coefficient (Wildman–Crippen LogP) is 2.20. The lowest BCUT2D eigenvalue weighted by Gasteiger charge is -1.98. The van der Waals surface area contributed by atoms with Gasteiger partial charge in [0.05, 0.1) is 5.69 Å². The molecule has 0 atom stereocenters. The third-order valence-corrected chi connectivity index (χ3v) is 2.08. The van der Waals surface area contributed by atoms with E-state index in [4.69, 9.17) is 16.2 Å². The highest BCUT2D eigenvalue weighted by Gasteiger charge is 1.96. The second kappa shape index (κ2) is 4.48. The minimum atomic E-state index is 0.176. The first-order chi connectivity index (χ1) is 8.15. The van der Waals surface area contributed by atoms with Gasteiger partial charge in [0.15, 0.2) is 0 Å². The van der Waals surface area contributed by atoms with Crippen molar-refractivity contribution in [2.24, 2.45) is 10.2 Å². The zero-order valence-corrected chi connectivity index (χ0v) is 8.88. The number of nitrogens with zero attached hydrogens (tertiary/aromatic N) is 2. The average Bonchev–Trinajstić information content (AvgIpc) is 2.30. The molecule has 0 saturated carbocycles. The van der Waals surface area contributed by atoms with Gasteiger partial charge in [0.2, 0.25) is 0 Å². The number of aromatic hydroxyl groups is 1. The molecule has 2 aromatic rings. The van der Waals surface area contributed by atoms with E-state index in [1.54, 1.807) is 24.3 Å². The van der Waals surface area contributed by atoms with Gasteiger partial charge >= 0.3 is 0 Å². The van der Waals surface area contributed by atoms with Crippen molar-refractivity contribution in [1.82, 2.24) is 4.98 Å². The van der Waals surface area contributed by atoms with Gasteiger partial charge in [0, 0.05) is 0 Å². The molecule has 17 heavy (non-hydrogen) atoms. The monoisotopic (exact) mass is 229 g/mol. The lowest BCUT2D eigenvalue weighted by atomic mass is 10.3. The molecular weight excluding hydrogens is 218 g/mol. The van der Waals surface area contributed by atoms with Crippen LogP contribution >= 0.6 is 0 Å². The molecule has 0 amide bonds. The summed E-state index contributed by atoms with van der Waals surface area (Å²) in [7, 11) is 0. The van der Waals surface area contributed by atoms with Crippen LogP contribution in [-0.4, -0.2) is 10.1 Å². The summed E-state index contributed by atoms with van der Waals surface area (Å²) in [5.41, 5.74) is 6.93. The van der Waals surface area contributed by atoms with E-state index in [-0.39, 0.29) is 11.2 Å². The lowest BCUT2D eigenvalue weighted by molar-refractivity contribution is 0.475. The molecule has 0 bridgehead atoms. The minimum absolute atomic E-state index is 0.176. The maximum Gasteiger partial charge on any atom is 0.130 e. The van der Waals surface area contributed by atoms with Crippen LogP contribution in [0.15, 0.2) is 46.6 Å². The van der Waals surface area contributed by atoms with Gasteiger partial charge in [-0.15, -0.1) is 5.11 Å². The summed E-state index contributed by atoms with van der Waals surface area (Å²) in [6, 6.07) is 9.47. The van der Waals surface area contributed by atoms with Gasteiger partial charge in [0.1, 0.15) is 22.7 Å². The fraction of sp³-hybridized carbons (Fsp3) is 0. The summed E-state index contributed by atoms with van der Waals surface area (Å²) >= 11 is 0. The number of anilines is 1. The standard InChI is InChI=1S/C11H11N5O/c12-10-6-5-9(11(13)14-10)16-15-7-1-3-8(17)4-2-7/h1-6,17H,(H4,12,13,14)/b16-15+. The van der Waals surface area contributed by atoms with Gasteiger partial charge in [-0.3, -0.25) is 5.41 Å². The Hall–Kier alpha value is -2.63. The number of phenols is 1. The highest BCUT2D eigenvalue weighted by molar-refractivity contribution is 5.56. The lowest BCUT2D eigenvalue weighted by Crippen LogP contribution is -2.06. The zero-order valence-electron chi connectivity index (χ0n) is 8.88. The summed E-state index contributed by atoms with van der Waals surface area (Å²) in [5.74, 6) is 0.468. The Balaban J connectivity index is 2.26. The molecule has 0 unspecified atom stereocenters. The number of phenolic OH excluding ortho intramolecular Hbond substituents is 1. The van der Waals surface area contributed by atoms with Gasteiger partial charge in [0.25, 0.3) is 0 Å². The largest absolute Gasteiger partial charge is 0.508 e. The number of hydrogen-bond acceptors (Lipinski definition) is 5. The van der Waals surface area contributed by atoms with Gasteiger partial charge in [-0.1, -0.05) is 0 Å². The summed E-state index contributed by atoms with van der Waals surface area (Å²) in [6.45, 7) is 0. The SMILES string of the molecule is N=c1ccc(/N=N/c2ccc(O)cc2)c(N)[nH]1. The van der Waals surface area contributed by atoms with E-state index in [1.807, 2.05) is 0 Å². The molecule has 0 aliphatic heterocycles. The fourth-order valence-corrected chi connectivity index (χ4v) is 1.22. The second-order valence-electron chi connectivity index (χ2n) is 3.39. The van der Waals surface area contributed by atoms with Crippen LogP contribution in [-0.2, 0) is 0 Å². The molecule has 5 N–H and O–H groups in total. The molecule has 1 heterocycles. The highest BCUT2D eigenvalue weighted by atomic mass is 16.3. The number of hydrogen-bond donors (Lipinski definition) is 4. The van der Waals surface area contributed by atoms with Crippen LogP contribution < -0.4 is 11.2 Å². The maximum absolute atomic E-state index is 9.10. The van der Waals surface area contributed by atoms with Crippen molar-refractivity contribution in [3.63, 3.8) is 0 Å². The summed E-state index contributed by atoms with van der Waals surface area (Å²) < 4.78 is 0. The topological polar surface area (TPSA) is 111 Å². The Morgan fingerprint density at radius 3 is 2.41 bits per heavy atom. The van der Waals surface area contributed by atoms with Gasteiger partial charge in [-0.25, -0.2) is 0 Å². The fourth-order valence-electron chi connectivity index (χ4n) is 1.22. The Kier molecular flexibility index (Phi) is 2.87. The van der Waals surface area contributed by atoms with Crippen LogP contribution in [0.25, 0.3) is 0 Å². The molecule has 0 radical (unpaired) electrons. The van der Waals surface area contributed by atoms with E-state index in [1.165, 1.54) is 12.1 Å². The van der Waals surface area contributed by atoms with E-state index in [9.17, 15) is 0 Å². The Morgan fingerprint density at radius 2 is 1.76 bits per heavy atom. The maximum atomic E-state index is 9.10. The van der Waals surface area contributed by atoms with Crippen LogP contribution in [0.4, 0.5) is 17.2 Å². The second-order valence-corrected chi connectivity index (χ2v) is 3.39. The number of H-pyrrole nitrogens is 1. The minimum Gasteiger partial charge on any atom is -0.508 e. The van der Waals surface area contributed by atoms with Gasteiger partial charge < -0.3 is 15.8 Å². The molecule has 0 aliphatic carbocycles. The van der Waals surface area contributed by atoms with Gasteiger partial charge in [-0.2, -0.15) is 5.11 Å². The van der Waals surface area contributed by atoms with Crippen LogP contribution in [0.1, 0.15) is 0 Å². The first-order valence-corrected chi connectivity index (χ1v) is 4.89. The zero-order chi connectivity index (χ0) is 12.3. The third-order valence-electron chi connectivity index (χ3n) is 2.08. The molecule has 1 aromatic carbocycles. The van der Waals surface area contributed by atoms with Crippen molar-refractivity contribution in [1.29, 1.82) is 5.41 Å². The van der Waals surface area contributed by atoms with Crippen molar-refractivity contribution >= 4 is 17.2 Å². The van der Waals surface area contributed by atoms with Crippen molar-refractivity contribution in [2.75, 3.05) is 5.73 Å². The van der Waals surface area contributed by atoms with Crippen molar-refractivity contribution in [3.05, 3.63) is 41.9 Å². The highest BCUT2D eigenvalue weighted by Crippen LogP contribution is 2.22. The number of nitrogens with one attached hydrogen (secondary N) is 2. The molecule has 0 fully saturated rings. The number of azo groups is 1. The quantitative estimate of drug-likeness (QED) is 0.592. The Labute approximate surface area is 97.0 Å². The first kappa shape index (κ1) is 10.9. The molecule has 86 valence electrons. The molecule has 0 saturated heterocycles. The Morgan fingerprint density at radius 1 is 1.06 bits per heavy atom. The van der Waals surface area contributed by atoms with Gasteiger partial charge in [-0.05, 0) is 36.4 Å². The van der Waals surface area contributed by atoms with Crippen molar-refractivity contribution < 1.29 is 5.11 Å². The molecule has 2 rings (SSSR count). The normalized spacial score (nSPS) is 10.8. The predicted molar refractivity (Wildman–Crippen MR) is 63.3 cm³/mol. The number of nitrogen functional groups attached to an aromatic ring is 1. The Bertz CT molecular complexity index is 600. The third kappa shape index (κ3) is 2.69. The number of aromatic amines is 1. The van der Waals surface area contributed by atoms with E-state index >= 15 is 0 Å². The molecule has 6 nitrogen and oxygen atoms in total. The van der Waals surface area contributed by atoms with Crippen LogP contribution in [0.5, 0.6) is 5.75 Å². The summed E-state index contributed by atoms with van der Waals surface area (Å²) in [5, 5.41) is 24.3.